The number of carbonyl (C=O) groups is 1. The minimum atomic E-state index is -0.738. The predicted octanol–water partition coefficient (Wildman–Crippen LogP) is -0.362. The molecule has 0 bridgehead atoms. The van der Waals surface area contributed by atoms with Gasteiger partial charge in [-0.25, -0.2) is 4.98 Å². The van der Waals surface area contributed by atoms with Crippen molar-refractivity contribution in [3.05, 3.63) is 39.0 Å². The van der Waals surface area contributed by atoms with Crippen LogP contribution in [-0.2, 0) is 23.1 Å². The number of pyridine rings is 1. The van der Waals surface area contributed by atoms with Crippen molar-refractivity contribution >= 4 is 17.1 Å². The van der Waals surface area contributed by atoms with E-state index in [4.69, 9.17) is 4.74 Å². The van der Waals surface area contributed by atoms with E-state index in [-0.39, 0.29) is 12.5 Å². The van der Waals surface area contributed by atoms with Crippen molar-refractivity contribution in [2.24, 2.45) is 7.05 Å². The molecule has 0 aliphatic carbocycles. The maximum absolute atomic E-state index is 12.2. The Balaban J connectivity index is 2.19. The monoisotopic (exact) mass is 320 g/mol. The quantitative estimate of drug-likeness (QED) is 0.555. The summed E-state index contributed by atoms with van der Waals surface area (Å²) in [5.74, 6) is -0.331. The molecule has 0 aliphatic rings. The Morgan fingerprint density at radius 1 is 1.35 bits per heavy atom. The molecule has 1 N–H and O–H groups in total. The number of nitrogens with zero attached hydrogens (tertiary/aromatic N) is 3. The molecule has 2 aromatic heterocycles. The second kappa shape index (κ2) is 7.68. The number of ether oxygens (including phenoxy) is 1. The fraction of sp³-hybridized carbons (Fsp3) is 0.467. The molecule has 23 heavy (non-hydrogen) atoms. The highest BCUT2D eigenvalue weighted by molar-refractivity contribution is 5.78. The summed E-state index contributed by atoms with van der Waals surface area (Å²) >= 11 is 0. The van der Waals surface area contributed by atoms with E-state index < -0.39 is 11.1 Å². The van der Waals surface area contributed by atoms with E-state index in [9.17, 15) is 14.4 Å². The van der Waals surface area contributed by atoms with Crippen LogP contribution in [0.2, 0.25) is 0 Å². The normalized spacial score (nSPS) is 10.9. The van der Waals surface area contributed by atoms with Gasteiger partial charge in [-0.2, -0.15) is 0 Å². The Kier molecular flexibility index (Phi) is 5.64. The van der Waals surface area contributed by atoms with Gasteiger partial charge >= 0.3 is 11.1 Å². The number of rotatable bonds is 7. The molecule has 8 heteroatoms. The minimum absolute atomic E-state index is 0.217. The summed E-state index contributed by atoms with van der Waals surface area (Å²) < 4.78 is 7.52. The molecular weight excluding hydrogens is 300 g/mol. The van der Waals surface area contributed by atoms with Gasteiger partial charge in [0.25, 0.3) is 0 Å². The molecule has 0 spiro atoms. The summed E-state index contributed by atoms with van der Waals surface area (Å²) in [6.45, 7) is 3.34. The highest BCUT2D eigenvalue weighted by atomic mass is 16.5. The van der Waals surface area contributed by atoms with Crippen molar-refractivity contribution in [2.75, 3.05) is 19.8 Å². The van der Waals surface area contributed by atoms with Gasteiger partial charge in [0.2, 0.25) is 5.91 Å². The summed E-state index contributed by atoms with van der Waals surface area (Å²) in [7, 11) is 1.48. The average molecular weight is 320 g/mol. The van der Waals surface area contributed by atoms with E-state index in [1.165, 1.54) is 17.8 Å². The van der Waals surface area contributed by atoms with Crippen molar-refractivity contribution in [1.82, 2.24) is 19.4 Å². The number of hydrogen-bond acceptors (Lipinski definition) is 5. The fourth-order valence-electron chi connectivity index (χ4n) is 2.22. The molecule has 0 unspecified atom stereocenters. The van der Waals surface area contributed by atoms with Gasteiger partial charge in [0.15, 0.2) is 5.65 Å². The number of aryl methyl sites for hydroxylation is 1. The van der Waals surface area contributed by atoms with Crippen LogP contribution in [0.25, 0.3) is 11.2 Å². The van der Waals surface area contributed by atoms with Gasteiger partial charge in [-0.3, -0.25) is 23.5 Å². The van der Waals surface area contributed by atoms with Crippen molar-refractivity contribution < 1.29 is 9.53 Å². The average Bonchev–Trinajstić information content (AvgIpc) is 2.56. The van der Waals surface area contributed by atoms with Gasteiger partial charge in [-0.1, -0.05) is 0 Å². The molecule has 2 heterocycles. The standard InChI is InChI=1S/C15H20N4O4/c1-3-23-9-5-8-16-12(20)10-19-11-6-4-7-17-13(11)18(2)14(21)15(19)22/h4,6-7H,3,5,8-10H2,1-2H3,(H,16,20). The van der Waals surface area contributed by atoms with Crippen molar-refractivity contribution in [2.45, 2.75) is 19.9 Å². The van der Waals surface area contributed by atoms with Crippen LogP contribution in [0.4, 0.5) is 0 Å². The van der Waals surface area contributed by atoms with E-state index in [0.717, 1.165) is 4.57 Å². The van der Waals surface area contributed by atoms with Crippen LogP contribution in [-0.4, -0.2) is 39.8 Å². The topological polar surface area (TPSA) is 95.2 Å². The molecule has 0 atom stereocenters. The van der Waals surface area contributed by atoms with Gasteiger partial charge in [-0.05, 0) is 25.5 Å². The van der Waals surface area contributed by atoms with Gasteiger partial charge in [0, 0.05) is 33.0 Å². The molecule has 0 saturated carbocycles. The zero-order valence-corrected chi connectivity index (χ0v) is 13.2. The van der Waals surface area contributed by atoms with E-state index >= 15 is 0 Å². The zero-order chi connectivity index (χ0) is 16.8. The number of nitrogens with one attached hydrogen (secondary N) is 1. The van der Waals surface area contributed by atoms with Crippen molar-refractivity contribution in [1.29, 1.82) is 0 Å². The first kappa shape index (κ1) is 16.9. The summed E-state index contributed by atoms with van der Waals surface area (Å²) in [5, 5.41) is 2.71. The van der Waals surface area contributed by atoms with Crippen LogP contribution in [0.5, 0.6) is 0 Å². The summed E-state index contributed by atoms with van der Waals surface area (Å²) in [6, 6.07) is 3.31. The molecule has 0 saturated heterocycles. The zero-order valence-electron chi connectivity index (χ0n) is 13.2. The third-order valence-corrected chi connectivity index (χ3v) is 3.40. The molecule has 8 nitrogen and oxygen atoms in total. The second-order valence-electron chi connectivity index (χ2n) is 5.00. The van der Waals surface area contributed by atoms with Crippen LogP contribution >= 0.6 is 0 Å². The predicted molar refractivity (Wildman–Crippen MR) is 85.4 cm³/mol. The first-order valence-electron chi connectivity index (χ1n) is 7.45. The highest BCUT2D eigenvalue weighted by Crippen LogP contribution is 2.05. The lowest BCUT2D eigenvalue weighted by Crippen LogP contribution is -2.43. The number of carbonyl (C=O) groups excluding carboxylic acids is 1. The maximum atomic E-state index is 12.2. The van der Waals surface area contributed by atoms with Crippen LogP contribution < -0.4 is 16.4 Å². The van der Waals surface area contributed by atoms with Gasteiger partial charge in [0.05, 0.1) is 5.52 Å². The second-order valence-corrected chi connectivity index (χ2v) is 5.00. The number of hydrogen-bond donors (Lipinski definition) is 1. The molecule has 0 radical (unpaired) electrons. The lowest BCUT2D eigenvalue weighted by Gasteiger charge is -2.11. The van der Waals surface area contributed by atoms with E-state index in [1.54, 1.807) is 12.1 Å². The number of fused-ring (bicyclic) bond motifs is 1. The lowest BCUT2D eigenvalue weighted by atomic mass is 10.3. The Morgan fingerprint density at radius 2 is 2.13 bits per heavy atom. The smallest absolute Gasteiger partial charge is 0.317 e. The number of amides is 1. The first-order valence-corrected chi connectivity index (χ1v) is 7.45. The largest absolute Gasteiger partial charge is 0.382 e. The van der Waals surface area contributed by atoms with Crippen LogP contribution in [0.3, 0.4) is 0 Å². The number of aromatic nitrogens is 3. The SMILES string of the molecule is CCOCCCNC(=O)Cn1c(=O)c(=O)n(C)c2ncccc21. The third-order valence-electron chi connectivity index (χ3n) is 3.40. The van der Waals surface area contributed by atoms with E-state index in [2.05, 4.69) is 10.3 Å². The Morgan fingerprint density at radius 3 is 2.87 bits per heavy atom. The Bertz CT molecular complexity index is 809. The summed E-state index contributed by atoms with van der Waals surface area (Å²) in [4.78, 5) is 40.2. The molecule has 0 fully saturated rings. The van der Waals surface area contributed by atoms with Crippen molar-refractivity contribution in [3.8, 4) is 0 Å². The molecule has 124 valence electrons. The summed E-state index contributed by atoms with van der Waals surface area (Å²) in [6.07, 6.45) is 2.22. The molecule has 2 aromatic rings. The van der Waals surface area contributed by atoms with Gasteiger partial charge < -0.3 is 10.1 Å². The lowest BCUT2D eigenvalue weighted by molar-refractivity contribution is -0.121. The van der Waals surface area contributed by atoms with E-state index in [0.29, 0.717) is 37.3 Å². The molecule has 2 rings (SSSR count). The third kappa shape index (κ3) is 3.84. The maximum Gasteiger partial charge on any atom is 0.317 e. The van der Waals surface area contributed by atoms with Gasteiger partial charge in [-0.15, -0.1) is 0 Å². The van der Waals surface area contributed by atoms with E-state index in [1.807, 2.05) is 6.92 Å². The Labute approximate surface area is 132 Å². The minimum Gasteiger partial charge on any atom is -0.382 e. The van der Waals surface area contributed by atoms with Crippen molar-refractivity contribution in [3.63, 3.8) is 0 Å². The fourth-order valence-corrected chi connectivity index (χ4v) is 2.22. The van der Waals surface area contributed by atoms with Crippen LogP contribution in [0, 0.1) is 0 Å². The molecule has 1 amide bonds. The van der Waals surface area contributed by atoms with Crippen LogP contribution in [0.1, 0.15) is 13.3 Å². The molecule has 0 aliphatic heterocycles. The van der Waals surface area contributed by atoms with Crippen LogP contribution in [0.15, 0.2) is 27.9 Å². The van der Waals surface area contributed by atoms with Gasteiger partial charge in [0.1, 0.15) is 6.54 Å². The molecule has 0 aromatic carbocycles. The highest BCUT2D eigenvalue weighted by Gasteiger charge is 2.13. The summed E-state index contributed by atoms with van der Waals surface area (Å²) in [5.41, 5.74) is -0.636. The first-order chi connectivity index (χ1) is 11.1. The molecular formula is C15H20N4O4. The Hall–Kier alpha value is -2.48.